The highest BCUT2D eigenvalue weighted by molar-refractivity contribution is 5.75. The highest BCUT2D eigenvalue weighted by Gasteiger charge is 2.24. The third-order valence-corrected chi connectivity index (χ3v) is 4.39. The number of likely N-dealkylation sites (N-methyl/N-ethyl adjacent to an activating group) is 1. The van der Waals surface area contributed by atoms with Crippen molar-refractivity contribution < 1.29 is 4.74 Å². The molecule has 2 aromatic rings. The zero-order valence-electron chi connectivity index (χ0n) is 12.9. The van der Waals surface area contributed by atoms with Crippen molar-refractivity contribution in [3.05, 3.63) is 47.3 Å². The average molecular weight is 282 g/mol. The van der Waals surface area contributed by atoms with Gasteiger partial charge in [-0.05, 0) is 50.1 Å². The van der Waals surface area contributed by atoms with Gasteiger partial charge in [0.2, 0.25) is 0 Å². The van der Waals surface area contributed by atoms with Gasteiger partial charge in [0.05, 0.1) is 6.61 Å². The Hall–Kier alpha value is -1.87. The lowest BCUT2D eigenvalue weighted by molar-refractivity contribution is 0.267. The molecular weight excluding hydrogens is 260 g/mol. The molecule has 0 amide bonds. The zero-order chi connectivity index (χ0) is 14.8. The smallest absolute Gasteiger partial charge is 0.130 e. The Balaban J connectivity index is 2.13. The van der Waals surface area contributed by atoms with Gasteiger partial charge in [0.15, 0.2) is 0 Å². The minimum atomic E-state index is 0.530. The van der Waals surface area contributed by atoms with Gasteiger partial charge in [0.25, 0.3) is 0 Å². The first-order chi connectivity index (χ1) is 10.2. The summed E-state index contributed by atoms with van der Waals surface area (Å²) in [6.07, 6.45) is 2.95. The number of para-hydroxylation sites is 1. The Morgan fingerprint density at radius 1 is 1.24 bits per heavy atom. The molecule has 1 N–H and O–H groups in total. The van der Waals surface area contributed by atoms with Gasteiger partial charge in [-0.2, -0.15) is 0 Å². The Morgan fingerprint density at radius 2 is 2.10 bits per heavy atom. The maximum Gasteiger partial charge on any atom is 0.130 e. The number of aryl methyl sites for hydroxylation is 1. The van der Waals surface area contributed by atoms with Gasteiger partial charge in [-0.25, -0.2) is 0 Å². The van der Waals surface area contributed by atoms with E-state index in [9.17, 15) is 0 Å². The SMILES string of the molecule is CNCC1CCOc2c(-c3ccnc(C)c3C)cccc21. The molecule has 0 saturated heterocycles. The van der Waals surface area contributed by atoms with Gasteiger partial charge in [0, 0.05) is 29.9 Å². The second kappa shape index (κ2) is 5.86. The molecule has 21 heavy (non-hydrogen) atoms. The van der Waals surface area contributed by atoms with Crippen LogP contribution in [0.3, 0.4) is 0 Å². The molecule has 1 aromatic heterocycles. The topological polar surface area (TPSA) is 34.1 Å². The number of fused-ring (bicyclic) bond motifs is 1. The van der Waals surface area contributed by atoms with E-state index < -0.39 is 0 Å². The summed E-state index contributed by atoms with van der Waals surface area (Å²) in [5.41, 5.74) is 6.04. The van der Waals surface area contributed by atoms with E-state index in [1.54, 1.807) is 0 Å². The fraction of sp³-hybridized carbons (Fsp3) is 0.389. The molecule has 0 fully saturated rings. The second-order valence-corrected chi connectivity index (χ2v) is 5.68. The number of hydrogen-bond donors (Lipinski definition) is 1. The first-order valence-corrected chi connectivity index (χ1v) is 7.55. The maximum absolute atomic E-state index is 6.03. The molecule has 0 spiro atoms. The number of benzene rings is 1. The van der Waals surface area contributed by atoms with Crippen molar-refractivity contribution in [2.45, 2.75) is 26.2 Å². The standard InChI is InChI=1S/C18H22N2O/c1-12-13(2)20-9-7-15(12)17-6-4-5-16-14(11-19-3)8-10-21-18(16)17/h4-7,9,14,19H,8,10-11H2,1-3H3. The zero-order valence-corrected chi connectivity index (χ0v) is 12.9. The van der Waals surface area contributed by atoms with E-state index in [1.165, 1.54) is 22.3 Å². The molecule has 0 saturated carbocycles. The largest absolute Gasteiger partial charge is 0.493 e. The molecule has 3 heteroatoms. The maximum atomic E-state index is 6.03. The minimum Gasteiger partial charge on any atom is -0.493 e. The van der Waals surface area contributed by atoms with E-state index in [4.69, 9.17) is 4.74 Å². The fourth-order valence-electron chi connectivity index (χ4n) is 3.10. The molecule has 2 heterocycles. The first kappa shape index (κ1) is 14.1. The van der Waals surface area contributed by atoms with Crippen molar-refractivity contribution in [3.8, 4) is 16.9 Å². The lowest BCUT2D eigenvalue weighted by atomic mass is 9.88. The van der Waals surface area contributed by atoms with Crippen molar-refractivity contribution in [3.63, 3.8) is 0 Å². The lowest BCUT2D eigenvalue weighted by Gasteiger charge is -2.28. The number of ether oxygens (including phenoxy) is 1. The number of hydrogen-bond acceptors (Lipinski definition) is 3. The van der Waals surface area contributed by atoms with Crippen LogP contribution in [-0.2, 0) is 0 Å². The summed E-state index contributed by atoms with van der Waals surface area (Å²) in [5, 5.41) is 3.29. The monoisotopic (exact) mass is 282 g/mol. The summed E-state index contributed by atoms with van der Waals surface area (Å²) in [6.45, 7) is 5.97. The molecular formula is C18H22N2O. The predicted octanol–water partition coefficient (Wildman–Crippen LogP) is 3.45. The highest BCUT2D eigenvalue weighted by Crippen LogP contribution is 2.41. The Morgan fingerprint density at radius 3 is 2.90 bits per heavy atom. The molecule has 0 radical (unpaired) electrons. The Labute approximate surface area is 126 Å². The molecule has 0 aliphatic carbocycles. The number of nitrogens with zero attached hydrogens (tertiary/aromatic N) is 1. The van der Waals surface area contributed by atoms with Gasteiger partial charge < -0.3 is 10.1 Å². The predicted molar refractivity (Wildman–Crippen MR) is 85.9 cm³/mol. The van der Waals surface area contributed by atoms with Gasteiger partial charge in [-0.3, -0.25) is 4.98 Å². The van der Waals surface area contributed by atoms with Crippen LogP contribution in [-0.4, -0.2) is 25.2 Å². The molecule has 1 aliphatic rings. The quantitative estimate of drug-likeness (QED) is 0.936. The second-order valence-electron chi connectivity index (χ2n) is 5.68. The van der Waals surface area contributed by atoms with Crippen LogP contribution >= 0.6 is 0 Å². The van der Waals surface area contributed by atoms with Gasteiger partial charge in [-0.15, -0.1) is 0 Å². The molecule has 110 valence electrons. The molecule has 3 nitrogen and oxygen atoms in total. The van der Waals surface area contributed by atoms with E-state index in [2.05, 4.69) is 48.4 Å². The fourth-order valence-corrected chi connectivity index (χ4v) is 3.10. The van der Waals surface area contributed by atoms with Crippen LogP contribution < -0.4 is 10.1 Å². The highest BCUT2D eigenvalue weighted by atomic mass is 16.5. The van der Waals surface area contributed by atoms with Crippen molar-refractivity contribution in [2.75, 3.05) is 20.2 Å². The van der Waals surface area contributed by atoms with Crippen LogP contribution in [0.15, 0.2) is 30.5 Å². The molecule has 3 rings (SSSR count). The Bertz CT molecular complexity index is 652. The van der Waals surface area contributed by atoms with E-state index in [1.807, 2.05) is 13.2 Å². The first-order valence-electron chi connectivity index (χ1n) is 7.55. The van der Waals surface area contributed by atoms with Gasteiger partial charge in [-0.1, -0.05) is 18.2 Å². The van der Waals surface area contributed by atoms with Crippen molar-refractivity contribution >= 4 is 0 Å². The third-order valence-electron chi connectivity index (χ3n) is 4.39. The molecule has 1 aliphatic heterocycles. The van der Waals surface area contributed by atoms with Crippen molar-refractivity contribution in [1.82, 2.24) is 10.3 Å². The normalized spacial score (nSPS) is 17.2. The van der Waals surface area contributed by atoms with Crippen molar-refractivity contribution in [2.24, 2.45) is 0 Å². The third kappa shape index (κ3) is 2.54. The van der Waals surface area contributed by atoms with Crippen LogP contribution in [0, 0.1) is 13.8 Å². The summed E-state index contributed by atoms with van der Waals surface area (Å²) in [7, 11) is 2.01. The Kier molecular flexibility index (Phi) is 3.93. The van der Waals surface area contributed by atoms with E-state index in [-0.39, 0.29) is 0 Å². The lowest BCUT2D eigenvalue weighted by Crippen LogP contribution is -2.23. The van der Waals surface area contributed by atoms with Crippen LogP contribution in [0.4, 0.5) is 0 Å². The molecule has 1 aromatic carbocycles. The van der Waals surface area contributed by atoms with E-state index in [0.29, 0.717) is 5.92 Å². The van der Waals surface area contributed by atoms with Crippen LogP contribution in [0.1, 0.15) is 29.2 Å². The summed E-state index contributed by atoms with van der Waals surface area (Å²) in [6, 6.07) is 8.58. The number of aromatic nitrogens is 1. The summed E-state index contributed by atoms with van der Waals surface area (Å²) in [4.78, 5) is 4.37. The van der Waals surface area contributed by atoms with Gasteiger partial charge in [0.1, 0.15) is 5.75 Å². The minimum absolute atomic E-state index is 0.530. The van der Waals surface area contributed by atoms with Crippen molar-refractivity contribution in [1.29, 1.82) is 0 Å². The average Bonchev–Trinajstić information content (AvgIpc) is 2.50. The summed E-state index contributed by atoms with van der Waals surface area (Å²) >= 11 is 0. The number of nitrogens with one attached hydrogen (secondary N) is 1. The number of rotatable bonds is 3. The summed E-state index contributed by atoms with van der Waals surface area (Å²) in [5.74, 6) is 1.58. The van der Waals surface area contributed by atoms with E-state index in [0.717, 1.165) is 31.0 Å². The summed E-state index contributed by atoms with van der Waals surface area (Å²) < 4.78 is 6.03. The van der Waals surface area contributed by atoms with Gasteiger partial charge >= 0.3 is 0 Å². The molecule has 0 bridgehead atoms. The van der Waals surface area contributed by atoms with Crippen LogP contribution in [0.5, 0.6) is 5.75 Å². The number of pyridine rings is 1. The van der Waals surface area contributed by atoms with Crippen LogP contribution in [0.2, 0.25) is 0 Å². The molecule has 1 unspecified atom stereocenters. The van der Waals surface area contributed by atoms with Crippen LogP contribution in [0.25, 0.3) is 11.1 Å². The molecule has 1 atom stereocenters. The van der Waals surface area contributed by atoms with E-state index >= 15 is 0 Å².